The van der Waals surface area contributed by atoms with E-state index in [-0.39, 0.29) is 5.91 Å². The van der Waals surface area contributed by atoms with E-state index in [9.17, 15) is 14.7 Å². The number of pyridine rings is 1. The fourth-order valence-corrected chi connectivity index (χ4v) is 2.89. The van der Waals surface area contributed by atoms with E-state index >= 15 is 0 Å². The van der Waals surface area contributed by atoms with Gasteiger partial charge in [-0.2, -0.15) is 0 Å². The minimum Gasteiger partial charge on any atom is -0.481 e. The van der Waals surface area contributed by atoms with Crippen molar-refractivity contribution < 1.29 is 14.7 Å². The van der Waals surface area contributed by atoms with Crippen LogP contribution in [0.1, 0.15) is 43.4 Å². The average molecular weight is 276 g/mol. The van der Waals surface area contributed by atoms with Gasteiger partial charge in [-0.15, -0.1) is 0 Å². The Morgan fingerprint density at radius 2 is 2.30 bits per heavy atom. The molecule has 5 heteroatoms. The van der Waals surface area contributed by atoms with Crippen LogP contribution in [0.25, 0.3) is 0 Å². The number of carbonyl (C=O) groups excluding carboxylic acids is 1. The molecule has 0 radical (unpaired) electrons. The van der Waals surface area contributed by atoms with Crippen LogP contribution in [0.15, 0.2) is 18.5 Å². The predicted octanol–water partition coefficient (Wildman–Crippen LogP) is 2.16. The number of hydrogen-bond donors (Lipinski definition) is 1. The molecule has 0 aliphatic carbocycles. The third-order valence-corrected chi connectivity index (χ3v) is 3.89. The summed E-state index contributed by atoms with van der Waals surface area (Å²) in [4.78, 5) is 29.5. The van der Waals surface area contributed by atoms with E-state index < -0.39 is 17.9 Å². The fraction of sp³-hybridized carbons (Fsp3) is 0.533. The molecular weight excluding hydrogens is 256 g/mol. The number of aryl methyl sites for hydroxylation is 1. The van der Waals surface area contributed by atoms with E-state index in [0.29, 0.717) is 19.4 Å². The second kappa shape index (κ2) is 6.03. The van der Waals surface area contributed by atoms with Gasteiger partial charge in [0.05, 0.1) is 12.0 Å². The van der Waals surface area contributed by atoms with Crippen LogP contribution in [0.4, 0.5) is 0 Å². The average Bonchev–Trinajstić information content (AvgIpc) is 2.41. The molecule has 0 bridgehead atoms. The Morgan fingerprint density at radius 1 is 1.55 bits per heavy atom. The van der Waals surface area contributed by atoms with E-state index in [2.05, 4.69) is 4.98 Å². The molecule has 1 saturated heterocycles. The summed E-state index contributed by atoms with van der Waals surface area (Å²) in [6, 6.07) is 1.46. The van der Waals surface area contributed by atoms with Crippen LogP contribution in [0.2, 0.25) is 0 Å². The van der Waals surface area contributed by atoms with Gasteiger partial charge in [-0.05, 0) is 37.0 Å². The van der Waals surface area contributed by atoms with Crippen molar-refractivity contribution in [1.29, 1.82) is 0 Å². The highest BCUT2D eigenvalue weighted by molar-refractivity contribution is 5.81. The molecular formula is C15H20N2O3. The number of aromatic nitrogens is 1. The van der Waals surface area contributed by atoms with E-state index in [4.69, 9.17) is 0 Å². The lowest BCUT2D eigenvalue weighted by Gasteiger charge is -2.40. The Balaban J connectivity index is 2.46. The number of amides is 1. The zero-order chi connectivity index (χ0) is 14.7. The van der Waals surface area contributed by atoms with Gasteiger partial charge in [-0.25, -0.2) is 0 Å². The number of carboxylic acid groups (broad SMARTS) is 1. The van der Waals surface area contributed by atoms with Crippen LogP contribution in [-0.4, -0.2) is 33.4 Å². The van der Waals surface area contributed by atoms with Gasteiger partial charge in [0.2, 0.25) is 5.91 Å². The third-order valence-electron chi connectivity index (χ3n) is 3.89. The summed E-state index contributed by atoms with van der Waals surface area (Å²) in [5.41, 5.74) is 1.83. The highest BCUT2D eigenvalue weighted by Crippen LogP contribution is 2.37. The maximum Gasteiger partial charge on any atom is 0.308 e. The molecule has 1 amide bonds. The molecule has 1 fully saturated rings. The molecule has 0 saturated carbocycles. The maximum absolute atomic E-state index is 12.2. The smallest absolute Gasteiger partial charge is 0.308 e. The summed E-state index contributed by atoms with van der Waals surface area (Å²) in [6.45, 7) is 4.51. The fourth-order valence-electron chi connectivity index (χ4n) is 2.89. The third kappa shape index (κ3) is 2.66. The van der Waals surface area contributed by atoms with Crippen molar-refractivity contribution in [3.05, 3.63) is 29.6 Å². The molecule has 5 nitrogen and oxygen atoms in total. The Hall–Kier alpha value is -1.91. The van der Waals surface area contributed by atoms with E-state index in [1.165, 1.54) is 0 Å². The van der Waals surface area contributed by atoms with Crippen LogP contribution in [0.5, 0.6) is 0 Å². The topological polar surface area (TPSA) is 70.5 Å². The van der Waals surface area contributed by atoms with Gasteiger partial charge in [-0.1, -0.05) is 6.92 Å². The summed E-state index contributed by atoms with van der Waals surface area (Å²) in [5.74, 6) is -1.35. The number of likely N-dealkylation sites (tertiary alicyclic amines) is 1. The van der Waals surface area contributed by atoms with Crippen molar-refractivity contribution in [3.8, 4) is 0 Å². The highest BCUT2D eigenvalue weighted by Gasteiger charge is 2.40. The van der Waals surface area contributed by atoms with Crippen molar-refractivity contribution in [2.75, 3.05) is 6.54 Å². The van der Waals surface area contributed by atoms with Gasteiger partial charge >= 0.3 is 5.97 Å². The lowest BCUT2D eigenvalue weighted by molar-refractivity contribution is -0.152. The Kier molecular flexibility index (Phi) is 4.37. The quantitative estimate of drug-likeness (QED) is 0.915. The number of aliphatic carboxylic acids is 1. The first-order valence-corrected chi connectivity index (χ1v) is 6.99. The monoisotopic (exact) mass is 276 g/mol. The van der Waals surface area contributed by atoms with E-state index in [1.807, 2.05) is 19.9 Å². The van der Waals surface area contributed by atoms with Gasteiger partial charge in [0.25, 0.3) is 0 Å². The SMILES string of the molecule is CCCN1C(=O)CCC(C(=O)O)C1c1cnccc1C. The van der Waals surface area contributed by atoms with Gasteiger partial charge in [0.1, 0.15) is 0 Å². The Labute approximate surface area is 118 Å². The first-order chi connectivity index (χ1) is 9.56. The van der Waals surface area contributed by atoms with E-state index in [1.54, 1.807) is 17.3 Å². The molecule has 108 valence electrons. The zero-order valence-corrected chi connectivity index (χ0v) is 11.9. The molecule has 1 aromatic rings. The number of rotatable bonds is 4. The normalized spacial score (nSPS) is 22.9. The van der Waals surface area contributed by atoms with Gasteiger partial charge < -0.3 is 10.0 Å². The maximum atomic E-state index is 12.2. The predicted molar refractivity (Wildman–Crippen MR) is 74.1 cm³/mol. The van der Waals surface area contributed by atoms with Crippen molar-refractivity contribution >= 4 is 11.9 Å². The number of carbonyl (C=O) groups is 2. The van der Waals surface area contributed by atoms with Crippen LogP contribution in [0, 0.1) is 12.8 Å². The number of carboxylic acids is 1. The Bertz CT molecular complexity index is 516. The van der Waals surface area contributed by atoms with Gasteiger partial charge in [0, 0.05) is 25.4 Å². The second-order valence-electron chi connectivity index (χ2n) is 5.25. The first kappa shape index (κ1) is 14.5. The molecule has 20 heavy (non-hydrogen) atoms. The molecule has 1 aliphatic rings. The summed E-state index contributed by atoms with van der Waals surface area (Å²) in [6.07, 6.45) is 4.90. The molecule has 1 aliphatic heterocycles. The molecule has 2 heterocycles. The molecule has 2 rings (SSSR count). The molecule has 2 atom stereocenters. The summed E-state index contributed by atoms with van der Waals surface area (Å²) in [7, 11) is 0. The van der Waals surface area contributed by atoms with Crippen LogP contribution in [-0.2, 0) is 9.59 Å². The number of nitrogens with zero attached hydrogens (tertiary/aromatic N) is 2. The largest absolute Gasteiger partial charge is 0.481 e. The van der Waals surface area contributed by atoms with Crippen LogP contribution < -0.4 is 0 Å². The van der Waals surface area contributed by atoms with Crippen molar-refractivity contribution in [1.82, 2.24) is 9.88 Å². The molecule has 0 aromatic carbocycles. The standard InChI is InChI=1S/C15H20N2O3/c1-3-8-17-13(18)5-4-11(15(19)20)14(17)12-9-16-7-6-10(12)2/h6-7,9,11,14H,3-5,8H2,1-2H3,(H,19,20). The lowest BCUT2D eigenvalue weighted by Crippen LogP contribution is -2.45. The molecule has 1 aromatic heterocycles. The summed E-state index contributed by atoms with van der Waals surface area (Å²) in [5, 5.41) is 9.47. The van der Waals surface area contributed by atoms with Crippen molar-refractivity contribution in [3.63, 3.8) is 0 Å². The first-order valence-electron chi connectivity index (χ1n) is 6.99. The lowest BCUT2D eigenvalue weighted by atomic mass is 9.83. The minimum atomic E-state index is -0.841. The van der Waals surface area contributed by atoms with Gasteiger partial charge in [0.15, 0.2) is 0 Å². The van der Waals surface area contributed by atoms with E-state index in [0.717, 1.165) is 17.5 Å². The van der Waals surface area contributed by atoms with Crippen molar-refractivity contribution in [2.24, 2.45) is 5.92 Å². The highest BCUT2D eigenvalue weighted by atomic mass is 16.4. The molecule has 2 unspecified atom stereocenters. The molecule has 1 N–H and O–H groups in total. The van der Waals surface area contributed by atoms with Crippen LogP contribution >= 0.6 is 0 Å². The van der Waals surface area contributed by atoms with Crippen molar-refractivity contribution in [2.45, 2.75) is 39.2 Å². The molecule has 0 spiro atoms. The minimum absolute atomic E-state index is 0.0394. The Morgan fingerprint density at radius 3 is 2.90 bits per heavy atom. The number of piperidine rings is 1. The summed E-state index contributed by atoms with van der Waals surface area (Å²) < 4.78 is 0. The summed E-state index contributed by atoms with van der Waals surface area (Å²) >= 11 is 0. The second-order valence-corrected chi connectivity index (χ2v) is 5.25. The zero-order valence-electron chi connectivity index (χ0n) is 11.9. The van der Waals surface area contributed by atoms with Gasteiger partial charge in [-0.3, -0.25) is 14.6 Å². The van der Waals surface area contributed by atoms with Crippen LogP contribution in [0.3, 0.4) is 0 Å². The number of hydrogen-bond acceptors (Lipinski definition) is 3.